The van der Waals surface area contributed by atoms with E-state index in [0.29, 0.717) is 33.8 Å². The second-order valence-electron chi connectivity index (χ2n) is 7.44. The topological polar surface area (TPSA) is 112 Å². The number of carbonyl (C=O) groups is 2. The van der Waals surface area contributed by atoms with Crippen molar-refractivity contribution in [1.82, 2.24) is 5.32 Å². The zero-order valence-corrected chi connectivity index (χ0v) is 19.4. The van der Waals surface area contributed by atoms with Crippen LogP contribution >= 0.6 is 22.9 Å². The Bertz CT molecular complexity index is 1180. The molecule has 2 heterocycles. The minimum atomic E-state index is -0.862. The van der Waals surface area contributed by atoms with E-state index in [1.54, 1.807) is 30.3 Å². The normalized spacial score (nSPS) is 13.9. The number of aryl methyl sites for hydroxylation is 1. The van der Waals surface area contributed by atoms with Crippen LogP contribution in [0.15, 0.2) is 65.0 Å². The maximum Gasteiger partial charge on any atom is 0.320 e. The number of nitrogens with two attached hydrogens (primary N) is 1. The van der Waals surface area contributed by atoms with Gasteiger partial charge in [-0.3, -0.25) is 9.79 Å². The molecule has 33 heavy (non-hydrogen) atoms. The molecule has 10 heteroatoms. The Hall–Kier alpha value is -3.56. The van der Waals surface area contributed by atoms with Gasteiger partial charge in [0.1, 0.15) is 6.04 Å². The number of halogens is 1. The number of hydrogen-bond donors (Lipinski definition) is 4. The monoisotopic (exact) mass is 482 g/mol. The molecule has 0 aliphatic carbocycles. The third-order valence-corrected chi connectivity index (χ3v) is 6.29. The molecule has 1 aromatic heterocycles. The molecule has 0 saturated carbocycles. The molecule has 0 spiro atoms. The highest BCUT2D eigenvalue weighted by Gasteiger charge is 2.25. The minimum Gasteiger partial charge on any atom is -0.370 e. The number of benzene rings is 2. The van der Waals surface area contributed by atoms with Gasteiger partial charge in [0.25, 0.3) is 5.91 Å². The van der Waals surface area contributed by atoms with Gasteiger partial charge in [-0.1, -0.05) is 17.7 Å². The molecule has 170 valence electrons. The zero-order valence-electron chi connectivity index (χ0n) is 17.8. The van der Waals surface area contributed by atoms with Crippen LogP contribution < -0.4 is 26.6 Å². The first-order valence-electron chi connectivity index (χ1n) is 10.3. The van der Waals surface area contributed by atoms with Crippen molar-refractivity contribution in [3.63, 3.8) is 0 Å². The van der Waals surface area contributed by atoms with Crippen LogP contribution in [0.2, 0.25) is 5.02 Å². The lowest BCUT2D eigenvalue weighted by Gasteiger charge is -2.21. The zero-order chi connectivity index (χ0) is 23.4. The highest BCUT2D eigenvalue weighted by atomic mass is 35.5. The van der Waals surface area contributed by atoms with E-state index in [-0.39, 0.29) is 5.91 Å². The van der Waals surface area contributed by atoms with E-state index in [0.717, 1.165) is 17.8 Å². The number of nitrogens with zero attached hydrogens (tertiary/aromatic N) is 2. The Morgan fingerprint density at radius 1 is 1.12 bits per heavy atom. The van der Waals surface area contributed by atoms with Crippen LogP contribution in [0.4, 0.5) is 21.9 Å². The molecule has 1 aliphatic heterocycles. The molecule has 1 aliphatic rings. The Balaban J connectivity index is 1.47. The van der Waals surface area contributed by atoms with Gasteiger partial charge in [0.05, 0.1) is 6.54 Å². The lowest BCUT2D eigenvalue weighted by molar-refractivity contribution is -0.118. The van der Waals surface area contributed by atoms with E-state index in [1.165, 1.54) is 11.3 Å². The fourth-order valence-corrected chi connectivity index (χ4v) is 4.41. The van der Waals surface area contributed by atoms with Crippen LogP contribution in [-0.2, 0) is 4.79 Å². The summed E-state index contributed by atoms with van der Waals surface area (Å²) in [6.45, 7) is 3.34. The van der Waals surface area contributed by atoms with Gasteiger partial charge in [-0.15, -0.1) is 11.3 Å². The molecule has 2 aromatic carbocycles. The second kappa shape index (κ2) is 9.93. The minimum absolute atomic E-state index is 0.349. The summed E-state index contributed by atoms with van der Waals surface area (Å²) in [7, 11) is 0. The summed E-state index contributed by atoms with van der Waals surface area (Å²) in [6, 6.07) is 14.6. The molecule has 3 aromatic rings. The summed E-state index contributed by atoms with van der Waals surface area (Å²) in [5, 5.41) is 10.8. The third kappa shape index (κ3) is 5.44. The maximum atomic E-state index is 13.1. The summed E-state index contributed by atoms with van der Waals surface area (Å²) in [5.74, 6) is 0.140. The van der Waals surface area contributed by atoms with E-state index in [2.05, 4.69) is 20.9 Å². The molecule has 0 fully saturated rings. The SMILES string of the molecule is Cc1cc(NC(=O)C(NC(=O)Nc2ccc(Cl)cc2)c2cccs2)ccc1N1CCN=C1N. The number of guanidine groups is 1. The van der Waals surface area contributed by atoms with Gasteiger partial charge in [-0.25, -0.2) is 4.79 Å². The molecule has 0 bridgehead atoms. The van der Waals surface area contributed by atoms with Gasteiger partial charge in [0, 0.05) is 33.5 Å². The van der Waals surface area contributed by atoms with Crippen LogP contribution in [0.5, 0.6) is 0 Å². The average Bonchev–Trinajstić information content (AvgIpc) is 3.46. The van der Waals surface area contributed by atoms with Crippen molar-refractivity contribution in [2.24, 2.45) is 10.7 Å². The molecule has 8 nitrogen and oxygen atoms in total. The first kappa shape index (κ1) is 22.6. The summed E-state index contributed by atoms with van der Waals surface area (Å²) < 4.78 is 0. The molecular weight excluding hydrogens is 460 g/mol. The van der Waals surface area contributed by atoms with Crippen molar-refractivity contribution in [2.45, 2.75) is 13.0 Å². The lowest BCUT2D eigenvalue weighted by atomic mass is 10.1. The van der Waals surface area contributed by atoms with Crippen molar-refractivity contribution < 1.29 is 9.59 Å². The van der Waals surface area contributed by atoms with Gasteiger partial charge in [0.2, 0.25) is 0 Å². The number of rotatable bonds is 6. The number of amides is 3. The first-order chi connectivity index (χ1) is 15.9. The number of aliphatic imine (C=N–C) groups is 1. The van der Waals surface area contributed by atoms with Crippen LogP contribution in [0.3, 0.4) is 0 Å². The first-order valence-corrected chi connectivity index (χ1v) is 11.5. The van der Waals surface area contributed by atoms with Gasteiger partial charge in [-0.2, -0.15) is 0 Å². The van der Waals surface area contributed by atoms with Crippen LogP contribution in [-0.4, -0.2) is 31.0 Å². The second-order valence-corrected chi connectivity index (χ2v) is 8.85. The quantitative estimate of drug-likeness (QED) is 0.418. The molecular formula is C23H23ClN6O2S. The van der Waals surface area contributed by atoms with Gasteiger partial charge >= 0.3 is 6.03 Å². The van der Waals surface area contributed by atoms with Crippen LogP contribution in [0, 0.1) is 6.92 Å². The van der Waals surface area contributed by atoms with Gasteiger partial charge < -0.3 is 26.6 Å². The average molecular weight is 483 g/mol. The molecule has 5 N–H and O–H groups in total. The highest BCUT2D eigenvalue weighted by Crippen LogP contribution is 2.26. The summed E-state index contributed by atoms with van der Waals surface area (Å²) in [5.41, 5.74) is 9.05. The largest absolute Gasteiger partial charge is 0.370 e. The Morgan fingerprint density at radius 2 is 1.88 bits per heavy atom. The maximum absolute atomic E-state index is 13.1. The predicted molar refractivity (Wildman–Crippen MR) is 134 cm³/mol. The molecule has 3 amide bonds. The Kier molecular flexibility index (Phi) is 6.81. The van der Waals surface area contributed by atoms with E-state index in [1.807, 2.05) is 41.5 Å². The van der Waals surface area contributed by atoms with E-state index < -0.39 is 12.1 Å². The van der Waals surface area contributed by atoms with Crippen molar-refractivity contribution in [2.75, 3.05) is 28.6 Å². The summed E-state index contributed by atoms with van der Waals surface area (Å²) in [6.07, 6.45) is 0. The Morgan fingerprint density at radius 3 is 2.52 bits per heavy atom. The summed E-state index contributed by atoms with van der Waals surface area (Å²) in [4.78, 5) is 32.6. The van der Waals surface area contributed by atoms with Crippen molar-refractivity contribution in [1.29, 1.82) is 0 Å². The number of anilines is 3. The van der Waals surface area contributed by atoms with Crippen LogP contribution in [0.25, 0.3) is 0 Å². The number of thiophene rings is 1. The molecule has 0 radical (unpaired) electrons. The number of urea groups is 1. The molecule has 4 rings (SSSR count). The van der Waals surface area contributed by atoms with E-state index >= 15 is 0 Å². The summed E-state index contributed by atoms with van der Waals surface area (Å²) >= 11 is 7.28. The van der Waals surface area contributed by atoms with Gasteiger partial charge in [-0.05, 0) is 66.4 Å². The Labute approximate surface area is 200 Å². The fraction of sp³-hybridized carbons (Fsp3) is 0.174. The standard InChI is InChI=1S/C23H23ClN6O2S/c1-14-13-17(8-9-18(14)30-11-10-26-22(30)25)27-21(31)20(19-3-2-12-33-19)29-23(32)28-16-6-4-15(24)5-7-16/h2-9,12-13,20H,10-11H2,1H3,(H2,25,26)(H,27,31)(H2,28,29,32). The third-order valence-electron chi connectivity index (χ3n) is 5.10. The van der Waals surface area contributed by atoms with E-state index in [4.69, 9.17) is 17.3 Å². The van der Waals surface area contributed by atoms with Crippen molar-refractivity contribution in [3.8, 4) is 0 Å². The molecule has 1 unspecified atom stereocenters. The predicted octanol–water partition coefficient (Wildman–Crippen LogP) is 4.35. The van der Waals surface area contributed by atoms with Crippen molar-refractivity contribution in [3.05, 3.63) is 75.4 Å². The van der Waals surface area contributed by atoms with Crippen molar-refractivity contribution >= 4 is 57.9 Å². The number of nitrogens with one attached hydrogen (secondary N) is 3. The number of carbonyl (C=O) groups excluding carboxylic acids is 2. The number of hydrogen-bond acceptors (Lipinski definition) is 6. The highest BCUT2D eigenvalue weighted by molar-refractivity contribution is 7.10. The fourth-order valence-electron chi connectivity index (χ4n) is 3.51. The van der Waals surface area contributed by atoms with E-state index in [9.17, 15) is 9.59 Å². The van der Waals surface area contributed by atoms with Gasteiger partial charge in [0.15, 0.2) is 5.96 Å². The lowest BCUT2D eigenvalue weighted by Crippen LogP contribution is -2.39. The molecule has 0 saturated heterocycles. The molecule has 1 atom stereocenters. The van der Waals surface area contributed by atoms with Crippen LogP contribution in [0.1, 0.15) is 16.5 Å². The smallest absolute Gasteiger partial charge is 0.320 e.